The van der Waals surface area contributed by atoms with Gasteiger partial charge in [-0.1, -0.05) is 67.0 Å². The first-order valence-corrected chi connectivity index (χ1v) is 11.9. The Kier molecular flexibility index (Phi) is 7.43. The Morgan fingerprint density at radius 3 is 2.16 bits per heavy atom. The zero-order valence-corrected chi connectivity index (χ0v) is 18.7. The lowest BCUT2D eigenvalue weighted by atomic mass is 9.89. The predicted octanol–water partition coefficient (Wildman–Crippen LogP) is 6.11. The number of carboxylic acid groups (broad SMARTS) is 1. The highest BCUT2D eigenvalue weighted by atomic mass is 16.4. The maximum absolute atomic E-state index is 11.4. The number of phenols is 1. The number of nitrogens with zero attached hydrogens (tertiary/aromatic N) is 1. The number of aromatic hydroxyl groups is 1. The van der Waals surface area contributed by atoms with Crippen molar-refractivity contribution in [2.45, 2.75) is 57.4 Å². The van der Waals surface area contributed by atoms with Crippen LogP contribution in [0.4, 0.5) is 0 Å². The Bertz CT molecular complexity index is 963. The van der Waals surface area contributed by atoms with Gasteiger partial charge in [-0.2, -0.15) is 0 Å². The molecule has 0 radical (unpaired) electrons. The first-order valence-electron chi connectivity index (χ1n) is 11.9. The van der Waals surface area contributed by atoms with Crippen LogP contribution in [0.25, 0.3) is 11.6 Å². The fourth-order valence-electron chi connectivity index (χ4n) is 5.02. The molecule has 0 amide bonds. The molecule has 1 saturated carbocycles. The maximum atomic E-state index is 11.4. The van der Waals surface area contributed by atoms with E-state index in [2.05, 4.69) is 36.4 Å². The van der Waals surface area contributed by atoms with E-state index in [1.54, 1.807) is 12.1 Å². The Hall–Kier alpha value is -2.85. The van der Waals surface area contributed by atoms with Crippen molar-refractivity contribution >= 4 is 17.6 Å². The molecular weight excluding hydrogens is 398 g/mol. The lowest BCUT2D eigenvalue weighted by Crippen LogP contribution is -2.35. The van der Waals surface area contributed by atoms with Gasteiger partial charge in [0, 0.05) is 6.54 Å². The molecule has 0 spiro atoms. The smallest absolute Gasteiger partial charge is 0.320 e. The summed E-state index contributed by atoms with van der Waals surface area (Å²) in [5, 5.41) is 19.1. The molecule has 4 nitrogen and oxygen atoms in total. The van der Waals surface area contributed by atoms with Crippen molar-refractivity contribution in [2.75, 3.05) is 13.1 Å². The van der Waals surface area contributed by atoms with Crippen molar-refractivity contribution in [3.8, 4) is 5.75 Å². The van der Waals surface area contributed by atoms with Gasteiger partial charge in [-0.15, -0.1) is 0 Å². The number of rotatable bonds is 6. The maximum Gasteiger partial charge on any atom is 0.320 e. The Morgan fingerprint density at radius 2 is 1.53 bits per heavy atom. The first kappa shape index (κ1) is 22.3. The van der Waals surface area contributed by atoms with Crippen molar-refractivity contribution < 1.29 is 15.0 Å². The molecule has 32 heavy (non-hydrogen) atoms. The van der Waals surface area contributed by atoms with E-state index in [-0.39, 0.29) is 6.04 Å². The molecule has 4 heteroatoms. The summed E-state index contributed by atoms with van der Waals surface area (Å²) in [4.78, 5) is 13.4. The van der Waals surface area contributed by atoms with E-state index in [0.717, 1.165) is 43.4 Å². The number of hydrogen-bond donors (Lipinski definition) is 2. The summed E-state index contributed by atoms with van der Waals surface area (Å²) in [5.41, 5.74) is 6.33. The Balaban J connectivity index is 1.53. The Labute approximate surface area is 190 Å². The topological polar surface area (TPSA) is 60.8 Å². The summed E-state index contributed by atoms with van der Waals surface area (Å²) < 4.78 is 0. The van der Waals surface area contributed by atoms with Crippen molar-refractivity contribution in [2.24, 2.45) is 0 Å². The quantitative estimate of drug-likeness (QED) is 0.542. The zero-order valence-electron chi connectivity index (χ0n) is 18.7. The van der Waals surface area contributed by atoms with Crippen molar-refractivity contribution in [1.82, 2.24) is 4.90 Å². The van der Waals surface area contributed by atoms with Gasteiger partial charge >= 0.3 is 5.97 Å². The van der Waals surface area contributed by atoms with Crippen LogP contribution in [0, 0.1) is 0 Å². The van der Waals surface area contributed by atoms with E-state index in [9.17, 15) is 15.0 Å². The largest absolute Gasteiger partial charge is 0.508 e. The van der Waals surface area contributed by atoms with Gasteiger partial charge in [-0.25, -0.2) is 0 Å². The lowest BCUT2D eigenvalue weighted by molar-refractivity contribution is -0.141. The summed E-state index contributed by atoms with van der Waals surface area (Å²) in [6.07, 6.45) is 13.2. The third-order valence-corrected chi connectivity index (χ3v) is 6.71. The molecule has 1 atom stereocenters. The van der Waals surface area contributed by atoms with Crippen LogP contribution in [0.2, 0.25) is 0 Å². The molecule has 168 valence electrons. The van der Waals surface area contributed by atoms with Gasteiger partial charge in [0.05, 0.1) is 0 Å². The minimum atomic E-state index is -0.714. The molecule has 1 saturated heterocycles. The van der Waals surface area contributed by atoms with Crippen LogP contribution in [0.1, 0.15) is 68.1 Å². The van der Waals surface area contributed by atoms with Gasteiger partial charge in [0.1, 0.15) is 11.8 Å². The van der Waals surface area contributed by atoms with Crippen molar-refractivity contribution in [3.63, 3.8) is 0 Å². The highest BCUT2D eigenvalue weighted by molar-refractivity contribution is 5.82. The standard InChI is InChI=1S/C28H33NO3/c30-25-17-15-24(16-18-25)27(22-8-3-1-2-4-9-22)23-13-11-21(12-14-23)7-5-19-29-20-6-10-26(29)28(31)32/h5,7,11-18,26,30H,1-4,6,8-10,19-20H2,(H,31,32)/t26-/m0/s1. The van der Waals surface area contributed by atoms with E-state index in [1.165, 1.54) is 42.4 Å². The van der Waals surface area contributed by atoms with E-state index in [4.69, 9.17) is 0 Å². The number of benzene rings is 2. The molecule has 1 aliphatic carbocycles. The van der Waals surface area contributed by atoms with Crippen molar-refractivity contribution in [1.29, 1.82) is 0 Å². The van der Waals surface area contributed by atoms with Crippen LogP contribution in [-0.4, -0.2) is 40.2 Å². The molecule has 2 fully saturated rings. The van der Waals surface area contributed by atoms with Gasteiger partial charge in [0.15, 0.2) is 0 Å². The van der Waals surface area contributed by atoms with Crippen LogP contribution in [-0.2, 0) is 4.79 Å². The molecule has 2 aliphatic rings. The molecule has 2 aromatic rings. The SMILES string of the molecule is O=C(O)[C@@H]1CCCN1CC=Cc1ccc(C(=C2CCCCCC2)c2ccc(O)cc2)cc1. The summed E-state index contributed by atoms with van der Waals surface area (Å²) in [7, 11) is 0. The first-order chi connectivity index (χ1) is 15.6. The van der Waals surface area contributed by atoms with E-state index >= 15 is 0 Å². The van der Waals surface area contributed by atoms with Crippen LogP contribution < -0.4 is 0 Å². The van der Waals surface area contributed by atoms with Gasteiger partial charge in [0.2, 0.25) is 0 Å². The summed E-state index contributed by atoms with van der Waals surface area (Å²) >= 11 is 0. The number of carbonyl (C=O) groups is 1. The highest BCUT2D eigenvalue weighted by Gasteiger charge is 2.29. The molecule has 1 heterocycles. The van der Waals surface area contributed by atoms with Gasteiger partial charge in [-0.3, -0.25) is 9.69 Å². The van der Waals surface area contributed by atoms with Gasteiger partial charge in [0.25, 0.3) is 0 Å². The fourth-order valence-corrected chi connectivity index (χ4v) is 5.02. The molecule has 0 aromatic heterocycles. The molecule has 2 N–H and O–H groups in total. The average molecular weight is 432 g/mol. The number of aliphatic carboxylic acids is 1. The average Bonchev–Trinajstić information content (AvgIpc) is 3.11. The summed E-state index contributed by atoms with van der Waals surface area (Å²) in [6, 6.07) is 15.9. The number of hydrogen-bond acceptors (Lipinski definition) is 3. The van der Waals surface area contributed by atoms with Crippen LogP contribution in [0.5, 0.6) is 5.75 Å². The monoisotopic (exact) mass is 431 g/mol. The van der Waals surface area contributed by atoms with Gasteiger partial charge in [-0.05, 0) is 79.5 Å². The molecule has 4 rings (SSSR count). The van der Waals surface area contributed by atoms with E-state index in [0.29, 0.717) is 12.3 Å². The third-order valence-electron chi connectivity index (χ3n) is 6.71. The van der Waals surface area contributed by atoms with Crippen molar-refractivity contribution in [3.05, 3.63) is 76.9 Å². The second-order valence-electron chi connectivity index (χ2n) is 8.96. The predicted molar refractivity (Wildman–Crippen MR) is 130 cm³/mol. The van der Waals surface area contributed by atoms with Crippen LogP contribution >= 0.6 is 0 Å². The summed E-state index contributed by atoms with van der Waals surface area (Å²) in [6.45, 7) is 1.52. The molecule has 2 aromatic carbocycles. The van der Waals surface area contributed by atoms with Gasteiger partial charge < -0.3 is 10.2 Å². The molecular formula is C28H33NO3. The second-order valence-corrected chi connectivity index (χ2v) is 8.96. The fraction of sp³-hybridized carbons (Fsp3) is 0.393. The van der Waals surface area contributed by atoms with E-state index in [1.807, 2.05) is 17.0 Å². The Morgan fingerprint density at radius 1 is 0.906 bits per heavy atom. The minimum absolute atomic E-state index is 0.294. The molecule has 0 unspecified atom stereocenters. The normalized spacial score (nSPS) is 19.9. The molecule has 1 aliphatic heterocycles. The number of likely N-dealkylation sites (tertiary alicyclic amines) is 1. The zero-order chi connectivity index (χ0) is 22.3. The van der Waals surface area contributed by atoms with Crippen LogP contribution in [0.15, 0.2) is 60.2 Å². The van der Waals surface area contributed by atoms with E-state index < -0.39 is 5.97 Å². The minimum Gasteiger partial charge on any atom is -0.508 e. The second kappa shape index (κ2) is 10.6. The van der Waals surface area contributed by atoms with Crippen LogP contribution in [0.3, 0.4) is 0 Å². The number of carboxylic acids is 1. The number of allylic oxidation sites excluding steroid dienone is 1. The third kappa shape index (κ3) is 5.49. The summed E-state index contributed by atoms with van der Waals surface area (Å²) in [5.74, 6) is -0.420. The molecule has 0 bridgehead atoms. The lowest BCUT2D eigenvalue weighted by Gasteiger charge is -2.18. The number of phenolic OH excluding ortho intramolecular Hbond substituents is 1. The highest BCUT2D eigenvalue weighted by Crippen LogP contribution is 2.35.